The summed E-state index contributed by atoms with van der Waals surface area (Å²) in [6.45, 7) is 0. The summed E-state index contributed by atoms with van der Waals surface area (Å²) in [5.74, 6) is 1.37. The van der Waals surface area contributed by atoms with E-state index < -0.39 is 5.60 Å². The Morgan fingerprint density at radius 1 is 1.05 bits per heavy atom. The molecule has 1 N–H and O–H groups in total. The Morgan fingerprint density at radius 2 is 1.86 bits per heavy atom. The second-order valence-corrected chi connectivity index (χ2v) is 5.66. The zero-order valence-corrected chi connectivity index (χ0v) is 12.8. The average Bonchev–Trinajstić information content (AvgIpc) is 2.85. The van der Waals surface area contributed by atoms with Gasteiger partial charge in [0.2, 0.25) is 0 Å². The van der Waals surface area contributed by atoms with Gasteiger partial charge in [0.25, 0.3) is 0 Å². The molecule has 1 atom stereocenters. The number of hydrogen-bond acceptors (Lipinski definition) is 3. The number of hydrogen-bond donors (Lipinski definition) is 1. The molecular weight excluding hydrogens is 288 g/mol. The highest BCUT2D eigenvalue weighted by Crippen LogP contribution is 2.46. The van der Waals surface area contributed by atoms with Crippen molar-refractivity contribution in [3.8, 4) is 11.5 Å². The molecule has 0 saturated carbocycles. The van der Waals surface area contributed by atoms with Crippen LogP contribution in [0.5, 0.6) is 11.5 Å². The lowest BCUT2D eigenvalue weighted by Gasteiger charge is -2.27. The molecule has 0 amide bonds. The number of fused-ring (bicyclic) bond motifs is 1. The van der Waals surface area contributed by atoms with Crippen LogP contribution in [0, 0.1) is 0 Å². The van der Waals surface area contributed by atoms with E-state index in [9.17, 15) is 5.11 Å². The van der Waals surface area contributed by atoms with Crippen LogP contribution in [0.3, 0.4) is 0 Å². The van der Waals surface area contributed by atoms with Crippen LogP contribution < -0.4 is 9.47 Å². The highest BCUT2D eigenvalue weighted by molar-refractivity contribution is 6.30. The molecule has 0 bridgehead atoms. The van der Waals surface area contributed by atoms with Gasteiger partial charge in [0.15, 0.2) is 0 Å². The van der Waals surface area contributed by atoms with E-state index in [1.165, 1.54) is 0 Å². The summed E-state index contributed by atoms with van der Waals surface area (Å²) in [4.78, 5) is 0. The Labute approximate surface area is 129 Å². The number of methoxy groups -OCH3 is 2. The number of aliphatic hydroxyl groups is 1. The van der Waals surface area contributed by atoms with Gasteiger partial charge in [-0.1, -0.05) is 17.7 Å². The molecule has 1 aliphatic carbocycles. The summed E-state index contributed by atoms with van der Waals surface area (Å²) in [5.41, 5.74) is 1.59. The molecule has 2 aromatic rings. The van der Waals surface area contributed by atoms with E-state index in [0.29, 0.717) is 22.8 Å². The predicted octanol–water partition coefficient (Wildman–Crippen LogP) is 3.54. The number of rotatable bonds is 3. The van der Waals surface area contributed by atoms with Crippen molar-refractivity contribution in [3.63, 3.8) is 0 Å². The third kappa shape index (κ3) is 2.27. The molecule has 21 heavy (non-hydrogen) atoms. The minimum absolute atomic E-state index is 0.579. The van der Waals surface area contributed by atoms with Gasteiger partial charge >= 0.3 is 0 Å². The Balaban J connectivity index is 2.18. The lowest BCUT2D eigenvalue weighted by Crippen LogP contribution is -2.24. The molecule has 0 aromatic heterocycles. The quantitative estimate of drug-likeness (QED) is 0.942. The average molecular weight is 305 g/mol. The highest BCUT2D eigenvalue weighted by atomic mass is 35.5. The van der Waals surface area contributed by atoms with Gasteiger partial charge in [-0.25, -0.2) is 0 Å². The Kier molecular flexibility index (Phi) is 3.56. The smallest absolute Gasteiger partial charge is 0.125 e. The normalized spacial score (nSPS) is 20.2. The van der Waals surface area contributed by atoms with Crippen LogP contribution in [-0.4, -0.2) is 19.3 Å². The van der Waals surface area contributed by atoms with E-state index in [-0.39, 0.29) is 0 Å². The highest BCUT2D eigenvalue weighted by Gasteiger charge is 2.40. The lowest BCUT2D eigenvalue weighted by atomic mass is 9.87. The summed E-state index contributed by atoms with van der Waals surface area (Å²) in [5, 5.41) is 11.9. The fraction of sp³-hybridized carbons (Fsp3) is 0.294. The third-order valence-corrected chi connectivity index (χ3v) is 4.36. The van der Waals surface area contributed by atoms with Gasteiger partial charge in [-0.15, -0.1) is 0 Å². The first-order valence-corrected chi connectivity index (χ1v) is 7.20. The SMILES string of the molecule is COc1ccc2c(c1)C(O)(c1cc(Cl)ccc1OC)CC2. The summed E-state index contributed by atoms with van der Waals surface area (Å²) >= 11 is 6.11. The van der Waals surface area contributed by atoms with E-state index >= 15 is 0 Å². The van der Waals surface area contributed by atoms with Crippen LogP contribution in [0.2, 0.25) is 5.02 Å². The first-order chi connectivity index (χ1) is 10.1. The minimum Gasteiger partial charge on any atom is -0.497 e. The number of benzene rings is 2. The van der Waals surface area contributed by atoms with Gasteiger partial charge in [-0.3, -0.25) is 0 Å². The number of halogens is 1. The van der Waals surface area contributed by atoms with Crippen LogP contribution in [0.15, 0.2) is 36.4 Å². The third-order valence-electron chi connectivity index (χ3n) is 4.13. The topological polar surface area (TPSA) is 38.7 Å². The molecule has 3 rings (SSSR count). The van der Waals surface area contributed by atoms with Crippen molar-refractivity contribution in [1.29, 1.82) is 0 Å². The van der Waals surface area contributed by atoms with Crippen molar-refractivity contribution in [2.45, 2.75) is 18.4 Å². The van der Waals surface area contributed by atoms with Gasteiger partial charge in [0.05, 0.1) is 14.2 Å². The predicted molar refractivity (Wildman–Crippen MR) is 82.3 cm³/mol. The lowest BCUT2D eigenvalue weighted by molar-refractivity contribution is 0.0798. The molecule has 0 fully saturated rings. The second kappa shape index (κ2) is 5.24. The zero-order valence-electron chi connectivity index (χ0n) is 12.0. The van der Waals surface area contributed by atoms with Crippen LogP contribution in [-0.2, 0) is 12.0 Å². The van der Waals surface area contributed by atoms with E-state index in [0.717, 1.165) is 23.3 Å². The molecule has 110 valence electrons. The van der Waals surface area contributed by atoms with Gasteiger partial charge < -0.3 is 14.6 Å². The maximum absolute atomic E-state index is 11.3. The number of ether oxygens (including phenoxy) is 2. The Morgan fingerprint density at radius 3 is 2.57 bits per heavy atom. The van der Waals surface area contributed by atoms with E-state index in [1.54, 1.807) is 32.4 Å². The first kappa shape index (κ1) is 14.2. The molecule has 4 heteroatoms. The van der Waals surface area contributed by atoms with Crippen molar-refractivity contribution in [1.82, 2.24) is 0 Å². The summed E-state index contributed by atoms with van der Waals surface area (Å²) in [7, 11) is 3.22. The van der Waals surface area contributed by atoms with Gasteiger partial charge in [0.1, 0.15) is 17.1 Å². The molecule has 2 aromatic carbocycles. The fourth-order valence-corrected chi connectivity index (χ4v) is 3.19. The van der Waals surface area contributed by atoms with Crippen molar-refractivity contribution < 1.29 is 14.6 Å². The van der Waals surface area contributed by atoms with Gasteiger partial charge in [-0.05, 0) is 54.3 Å². The molecule has 0 heterocycles. The van der Waals surface area contributed by atoms with E-state index in [1.807, 2.05) is 18.2 Å². The van der Waals surface area contributed by atoms with Gasteiger partial charge in [-0.2, -0.15) is 0 Å². The van der Waals surface area contributed by atoms with Crippen LogP contribution >= 0.6 is 11.6 Å². The standard InChI is InChI=1S/C17H17ClO3/c1-20-13-5-3-11-7-8-17(19,14(11)10-13)15-9-12(18)4-6-16(15)21-2/h3-6,9-10,19H,7-8H2,1-2H3. The van der Waals surface area contributed by atoms with Crippen LogP contribution in [0.4, 0.5) is 0 Å². The van der Waals surface area contributed by atoms with Crippen molar-refractivity contribution in [2.24, 2.45) is 0 Å². The largest absolute Gasteiger partial charge is 0.497 e. The monoisotopic (exact) mass is 304 g/mol. The maximum Gasteiger partial charge on any atom is 0.125 e. The van der Waals surface area contributed by atoms with Crippen LogP contribution in [0.25, 0.3) is 0 Å². The maximum atomic E-state index is 11.3. The molecular formula is C17H17ClO3. The molecule has 0 saturated heterocycles. The van der Waals surface area contributed by atoms with Gasteiger partial charge in [0, 0.05) is 10.6 Å². The summed E-state index contributed by atoms with van der Waals surface area (Å²) in [6, 6.07) is 11.1. The Hall–Kier alpha value is -1.71. The van der Waals surface area contributed by atoms with Crippen molar-refractivity contribution in [2.75, 3.05) is 14.2 Å². The minimum atomic E-state index is -1.10. The molecule has 0 spiro atoms. The molecule has 1 unspecified atom stereocenters. The molecule has 0 aliphatic heterocycles. The van der Waals surface area contributed by atoms with Crippen molar-refractivity contribution in [3.05, 3.63) is 58.1 Å². The van der Waals surface area contributed by atoms with E-state index in [2.05, 4.69) is 0 Å². The molecule has 0 radical (unpaired) electrons. The van der Waals surface area contributed by atoms with Crippen molar-refractivity contribution >= 4 is 11.6 Å². The molecule has 3 nitrogen and oxygen atoms in total. The van der Waals surface area contributed by atoms with Crippen LogP contribution in [0.1, 0.15) is 23.1 Å². The summed E-state index contributed by atoms with van der Waals surface area (Å²) in [6.07, 6.45) is 1.41. The number of aryl methyl sites for hydroxylation is 1. The molecule has 1 aliphatic rings. The van der Waals surface area contributed by atoms with E-state index in [4.69, 9.17) is 21.1 Å². The zero-order chi connectivity index (χ0) is 15.0. The first-order valence-electron chi connectivity index (χ1n) is 6.82. The Bertz CT molecular complexity index is 684. The fourth-order valence-electron chi connectivity index (χ4n) is 3.02. The summed E-state index contributed by atoms with van der Waals surface area (Å²) < 4.78 is 10.7. The second-order valence-electron chi connectivity index (χ2n) is 5.23.